The molecule has 9 nitrogen and oxygen atoms in total. The average Bonchev–Trinajstić information content (AvgIpc) is 3.19. The highest BCUT2D eigenvalue weighted by Gasteiger charge is 2.34. The van der Waals surface area contributed by atoms with Gasteiger partial charge in [-0.15, -0.1) is 0 Å². The van der Waals surface area contributed by atoms with Crippen LogP contribution in [-0.2, 0) is 16.6 Å². The van der Waals surface area contributed by atoms with Crippen molar-refractivity contribution in [2.75, 3.05) is 40.4 Å². The van der Waals surface area contributed by atoms with Crippen LogP contribution in [0.5, 0.6) is 11.5 Å². The lowest BCUT2D eigenvalue weighted by molar-refractivity contribution is 0.0766. The molecular formula is C22H30N4O5S. The van der Waals surface area contributed by atoms with E-state index in [1.54, 1.807) is 10.7 Å². The van der Waals surface area contributed by atoms with Gasteiger partial charge < -0.3 is 14.4 Å². The van der Waals surface area contributed by atoms with Crippen molar-refractivity contribution in [2.24, 2.45) is 0 Å². The summed E-state index contributed by atoms with van der Waals surface area (Å²) in [5, 5.41) is 4.70. The zero-order valence-electron chi connectivity index (χ0n) is 18.8. The molecule has 1 aromatic carbocycles. The zero-order chi connectivity index (χ0) is 22.9. The first kappa shape index (κ1) is 22.6. The second kappa shape index (κ2) is 9.11. The molecule has 2 aliphatic heterocycles. The molecule has 0 aliphatic carbocycles. The summed E-state index contributed by atoms with van der Waals surface area (Å²) in [6, 6.07) is 6.49. The predicted octanol–water partition coefficient (Wildman–Crippen LogP) is 2.33. The van der Waals surface area contributed by atoms with Gasteiger partial charge in [-0.2, -0.15) is 9.40 Å². The van der Waals surface area contributed by atoms with Gasteiger partial charge in [-0.25, -0.2) is 8.42 Å². The predicted molar refractivity (Wildman–Crippen MR) is 119 cm³/mol. The third-order valence-corrected chi connectivity index (χ3v) is 8.14. The highest BCUT2D eigenvalue weighted by Crippen LogP contribution is 2.34. The van der Waals surface area contributed by atoms with Crippen LogP contribution in [0.1, 0.15) is 48.3 Å². The molecule has 0 radical (unpaired) electrons. The van der Waals surface area contributed by atoms with E-state index in [0.29, 0.717) is 43.4 Å². The van der Waals surface area contributed by atoms with Crippen molar-refractivity contribution in [3.05, 3.63) is 35.7 Å². The van der Waals surface area contributed by atoms with Crippen molar-refractivity contribution < 1.29 is 22.7 Å². The first-order valence-electron chi connectivity index (χ1n) is 11.0. The van der Waals surface area contributed by atoms with Crippen LogP contribution in [0, 0.1) is 0 Å². The lowest BCUT2D eigenvalue weighted by atomic mass is 9.96. The average molecular weight is 463 g/mol. The molecule has 0 bridgehead atoms. The molecule has 1 fully saturated rings. The maximum absolute atomic E-state index is 13.3. The first-order valence-corrected chi connectivity index (χ1v) is 12.4. The van der Waals surface area contributed by atoms with Gasteiger partial charge in [-0.1, -0.05) is 0 Å². The van der Waals surface area contributed by atoms with E-state index in [2.05, 4.69) is 0 Å². The Balaban J connectivity index is 1.58. The quantitative estimate of drug-likeness (QED) is 0.654. The minimum atomic E-state index is -3.70. The van der Waals surface area contributed by atoms with E-state index in [1.165, 1.54) is 30.7 Å². The number of carbonyl (C=O) groups is 1. The fraction of sp³-hybridized carbons (Fsp3) is 0.545. The van der Waals surface area contributed by atoms with E-state index < -0.39 is 10.0 Å². The second-order valence-corrected chi connectivity index (χ2v) is 10.1. The largest absolute Gasteiger partial charge is 0.493 e. The summed E-state index contributed by atoms with van der Waals surface area (Å²) in [5.41, 5.74) is 1.39. The summed E-state index contributed by atoms with van der Waals surface area (Å²) < 4.78 is 40.5. The molecule has 32 heavy (non-hydrogen) atoms. The molecule has 1 atom stereocenters. The van der Waals surface area contributed by atoms with Gasteiger partial charge in [0, 0.05) is 44.7 Å². The monoisotopic (exact) mass is 462 g/mol. The summed E-state index contributed by atoms with van der Waals surface area (Å²) in [6.07, 6.45) is 2.42. The van der Waals surface area contributed by atoms with Gasteiger partial charge in [0.1, 0.15) is 5.69 Å². The van der Waals surface area contributed by atoms with Gasteiger partial charge in [0.25, 0.3) is 5.91 Å². The molecule has 1 amide bonds. The number of sulfonamides is 1. The Kier molecular flexibility index (Phi) is 6.43. The van der Waals surface area contributed by atoms with Crippen LogP contribution in [0.2, 0.25) is 0 Å². The molecule has 0 N–H and O–H groups in total. The molecule has 1 unspecified atom stereocenters. The molecule has 4 rings (SSSR count). The van der Waals surface area contributed by atoms with Crippen molar-refractivity contribution in [3.8, 4) is 11.5 Å². The SMILES string of the molecule is CCN1CCCn2nc(C3CCCN(S(=O)(=O)c4ccc(OC)c(OC)c4)C3)cc2C1=O. The molecule has 1 aromatic heterocycles. The number of amides is 1. The van der Waals surface area contributed by atoms with Gasteiger partial charge in [0.05, 0.1) is 24.8 Å². The van der Waals surface area contributed by atoms with Crippen LogP contribution in [0.4, 0.5) is 0 Å². The van der Waals surface area contributed by atoms with E-state index in [1.807, 2.05) is 17.9 Å². The second-order valence-electron chi connectivity index (χ2n) is 8.13. The minimum Gasteiger partial charge on any atom is -0.493 e. The van der Waals surface area contributed by atoms with E-state index in [4.69, 9.17) is 14.6 Å². The molecule has 0 spiro atoms. The standard InChI is InChI=1S/C22H30N4O5S/c1-4-24-10-6-12-26-19(22(24)27)14-18(23-26)16-7-5-11-25(15-16)32(28,29)17-8-9-20(30-2)21(13-17)31-3/h8-9,13-14,16H,4-7,10-12,15H2,1-3H3. The highest BCUT2D eigenvalue weighted by molar-refractivity contribution is 7.89. The molecule has 174 valence electrons. The molecule has 10 heteroatoms. The fourth-order valence-corrected chi connectivity index (χ4v) is 6.02. The molecular weight excluding hydrogens is 432 g/mol. The number of aromatic nitrogens is 2. The molecule has 3 heterocycles. The van der Waals surface area contributed by atoms with Crippen molar-refractivity contribution in [2.45, 2.75) is 43.5 Å². The van der Waals surface area contributed by atoms with Crippen molar-refractivity contribution in [1.82, 2.24) is 19.0 Å². The number of hydrogen-bond donors (Lipinski definition) is 0. The summed E-state index contributed by atoms with van der Waals surface area (Å²) in [7, 11) is -0.711. The number of benzene rings is 1. The number of nitrogens with zero attached hydrogens (tertiary/aromatic N) is 4. The van der Waals surface area contributed by atoms with Gasteiger partial charge >= 0.3 is 0 Å². The lowest BCUT2D eigenvalue weighted by Gasteiger charge is -2.31. The van der Waals surface area contributed by atoms with Crippen molar-refractivity contribution in [3.63, 3.8) is 0 Å². The summed E-state index contributed by atoms with van der Waals surface area (Å²) in [5.74, 6) is 0.794. The Morgan fingerprint density at radius 1 is 1.06 bits per heavy atom. The van der Waals surface area contributed by atoms with Gasteiger partial charge in [-0.05, 0) is 44.4 Å². The van der Waals surface area contributed by atoms with Crippen LogP contribution in [0.3, 0.4) is 0 Å². The highest BCUT2D eigenvalue weighted by atomic mass is 32.2. The van der Waals surface area contributed by atoms with Gasteiger partial charge in [0.2, 0.25) is 10.0 Å². The summed E-state index contributed by atoms with van der Waals surface area (Å²) in [4.78, 5) is 14.8. The number of aryl methyl sites for hydroxylation is 1. The topological polar surface area (TPSA) is 94.0 Å². The fourth-order valence-electron chi connectivity index (χ4n) is 4.48. The third kappa shape index (κ3) is 4.09. The Morgan fingerprint density at radius 3 is 2.56 bits per heavy atom. The maximum atomic E-state index is 13.3. The van der Waals surface area contributed by atoms with Crippen LogP contribution in [0.15, 0.2) is 29.2 Å². The number of methoxy groups -OCH3 is 2. The Bertz CT molecular complexity index is 1100. The number of fused-ring (bicyclic) bond motifs is 1. The Hall–Kier alpha value is -2.59. The van der Waals surface area contributed by atoms with Crippen LogP contribution in [-0.4, -0.2) is 73.7 Å². The van der Waals surface area contributed by atoms with E-state index in [0.717, 1.165) is 31.5 Å². The van der Waals surface area contributed by atoms with Crippen LogP contribution >= 0.6 is 0 Å². The number of ether oxygens (including phenoxy) is 2. The Labute approximate surface area is 188 Å². The maximum Gasteiger partial charge on any atom is 0.272 e. The first-order chi connectivity index (χ1) is 15.4. The molecule has 2 aliphatic rings. The summed E-state index contributed by atoms with van der Waals surface area (Å²) >= 11 is 0. The number of hydrogen-bond acceptors (Lipinski definition) is 6. The normalized spacial score (nSPS) is 20.0. The molecule has 0 saturated carbocycles. The van der Waals surface area contributed by atoms with Crippen molar-refractivity contribution >= 4 is 15.9 Å². The molecule has 1 saturated heterocycles. The van der Waals surface area contributed by atoms with Crippen molar-refractivity contribution in [1.29, 1.82) is 0 Å². The van der Waals surface area contributed by atoms with Crippen LogP contribution in [0.25, 0.3) is 0 Å². The number of piperidine rings is 1. The van der Waals surface area contributed by atoms with E-state index in [9.17, 15) is 13.2 Å². The Morgan fingerprint density at radius 2 is 1.84 bits per heavy atom. The number of rotatable bonds is 6. The minimum absolute atomic E-state index is 0.00522. The summed E-state index contributed by atoms with van der Waals surface area (Å²) in [6.45, 7) is 4.85. The van der Waals surface area contributed by atoms with E-state index in [-0.39, 0.29) is 16.7 Å². The zero-order valence-corrected chi connectivity index (χ0v) is 19.6. The van der Waals surface area contributed by atoms with Gasteiger partial charge in [0.15, 0.2) is 11.5 Å². The molecule has 2 aromatic rings. The lowest BCUT2D eigenvalue weighted by Crippen LogP contribution is -2.39. The number of carbonyl (C=O) groups excluding carboxylic acids is 1. The van der Waals surface area contributed by atoms with Crippen LogP contribution < -0.4 is 9.47 Å². The smallest absolute Gasteiger partial charge is 0.272 e. The third-order valence-electron chi connectivity index (χ3n) is 6.28. The van der Waals surface area contributed by atoms with Gasteiger partial charge in [-0.3, -0.25) is 9.48 Å². The van der Waals surface area contributed by atoms with E-state index >= 15 is 0 Å².